The second-order valence-electron chi connectivity index (χ2n) is 4.85. The highest BCUT2D eigenvalue weighted by Crippen LogP contribution is 2.38. The van der Waals surface area contributed by atoms with Crippen molar-refractivity contribution in [2.24, 2.45) is 0 Å². The molecule has 118 valence electrons. The highest BCUT2D eigenvalue weighted by Gasteiger charge is 2.21. The average Bonchev–Trinajstić information content (AvgIpc) is 2.54. The molecule has 1 aliphatic rings. The number of hydrogen-bond donors (Lipinski definition) is 2. The average molecular weight is 377 g/mol. The van der Waals surface area contributed by atoms with Crippen LogP contribution in [0.4, 0.5) is 16.2 Å². The maximum Gasteiger partial charge on any atom is 0.412 e. The van der Waals surface area contributed by atoms with Crippen LogP contribution in [0.2, 0.25) is 0 Å². The van der Waals surface area contributed by atoms with Crippen LogP contribution in [0.25, 0.3) is 0 Å². The van der Waals surface area contributed by atoms with Gasteiger partial charge in [0.2, 0.25) is 0 Å². The molecule has 0 spiro atoms. The summed E-state index contributed by atoms with van der Waals surface area (Å²) in [5.74, 6) is 0.206. The van der Waals surface area contributed by atoms with Crippen molar-refractivity contribution in [3.8, 4) is 5.75 Å². The molecule has 1 aliphatic heterocycles. The fourth-order valence-electron chi connectivity index (χ4n) is 2.11. The fraction of sp³-hybridized carbons (Fsp3) is 0.125. The number of anilines is 2. The number of amides is 2. The Labute approximate surface area is 140 Å². The number of fused-ring (bicyclic) bond motifs is 1. The lowest BCUT2D eigenvalue weighted by molar-refractivity contribution is -0.118. The molecule has 0 fully saturated rings. The van der Waals surface area contributed by atoms with Gasteiger partial charge in [-0.3, -0.25) is 10.1 Å². The van der Waals surface area contributed by atoms with Gasteiger partial charge in [-0.05, 0) is 17.7 Å². The van der Waals surface area contributed by atoms with E-state index in [1.54, 1.807) is 12.1 Å². The number of rotatable bonds is 3. The van der Waals surface area contributed by atoms with Gasteiger partial charge in [0.15, 0.2) is 6.61 Å². The monoisotopic (exact) mass is 376 g/mol. The van der Waals surface area contributed by atoms with Crippen molar-refractivity contribution in [2.45, 2.75) is 6.61 Å². The minimum Gasteiger partial charge on any atom is -0.481 e. The van der Waals surface area contributed by atoms with Crippen molar-refractivity contribution in [2.75, 3.05) is 17.2 Å². The van der Waals surface area contributed by atoms with Crippen LogP contribution in [-0.2, 0) is 16.1 Å². The minimum absolute atomic E-state index is 0.0542. The summed E-state index contributed by atoms with van der Waals surface area (Å²) in [7, 11) is 0. The molecule has 0 bridgehead atoms. The van der Waals surface area contributed by atoms with E-state index < -0.39 is 6.09 Å². The van der Waals surface area contributed by atoms with Gasteiger partial charge in [-0.25, -0.2) is 4.79 Å². The standard InChI is InChI=1S/C16H13BrN2O4/c17-11-6-12(15-13(7-11)22-9-14(20)19-15)18-16(21)23-8-10-4-2-1-3-5-10/h1-7H,8-9H2,(H,18,21)(H,19,20). The van der Waals surface area contributed by atoms with Crippen molar-refractivity contribution in [3.05, 3.63) is 52.5 Å². The van der Waals surface area contributed by atoms with Gasteiger partial charge < -0.3 is 14.8 Å². The summed E-state index contributed by atoms with van der Waals surface area (Å²) in [5.41, 5.74) is 1.71. The lowest BCUT2D eigenvalue weighted by atomic mass is 10.2. The number of carbonyl (C=O) groups is 2. The van der Waals surface area contributed by atoms with E-state index in [-0.39, 0.29) is 19.1 Å². The summed E-state index contributed by atoms with van der Waals surface area (Å²) in [6.07, 6.45) is -0.617. The van der Waals surface area contributed by atoms with Crippen LogP contribution in [-0.4, -0.2) is 18.6 Å². The maximum absolute atomic E-state index is 12.0. The van der Waals surface area contributed by atoms with Gasteiger partial charge in [0.05, 0.1) is 5.69 Å². The number of carbonyl (C=O) groups excluding carboxylic acids is 2. The second-order valence-corrected chi connectivity index (χ2v) is 5.77. The first-order valence-corrected chi connectivity index (χ1v) is 7.65. The Morgan fingerprint density at radius 1 is 1.30 bits per heavy atom. The first kappa shape index (κ1) is 15.4. The summed E-state index contributed by atoms with van der Waals surface area (Å²) in [6, 6.07) is 12.7. The van der Waals surface area contributed by atoms with Crippen LogP contribution in [0.5, 0.6) is 5.75 Å². The molecule has 7 heteroatoms. The van der Waals surface area contributed by atoms with Crippen LogP contribution < -0.4 is 15.4 Å². The van der Waals surface area contributed by atoms with Crippen molar-refractivity contribution in [3.63, 3.8) is 0 Å². The Morgan fingerprint density at radius 3 is 2.87 bits per heavy atom. The van der Waals surface area contributed by atoms with E-state index >= 15 is 0 Å². The highest BCUT2D eigenvalue weighted by atomic mass is 79.9. The largest absolute Gasteiger partial charge is 0.481 e. The van der Waals surface area contributed by atoms with E-state index in [2.05, 4.69) is 26.6 Å². The Morgan fingerprint density at radius 2 is 2.09 bits per heavy atom. The molecule has 2 aromatic rings. The zero-order chi connectivity index (χ0) is 16.2. The summed E-state index contributed by atoms with van der Waals surface area (Å²) >= 11 is 3.34. The summed E-state index contributed by atoms with van der Waals surface area (Å²) < 4.78 is 11.2. The van der Waals surface area contributed by atoms with E-state index in [1.165, 1.54) is 0 Å². The first-order valence-electron chi connectivity index (χ1n) is 6.86. The number of ether oxygens (including phenoxy) is 2. The molecule has 3 rings (SSSR count). The van der Waals surface area contributed by atoms with Gasteiger partial charge in [-0.1, -0.05) is 46.3 Å². The smallest absolute Gasteiger partial charge is 0.412 e. The minimum atomic E-state index is -0.617. The maximum atomic E-state index is 12.0. The molecule has 0 saturated heterocycles. The number of halogens is 1. The molecule has 0 aromatic heterocycles. The predicted octanol–water partition coefficient (Wildman–Crippen LogP) is 3.53. The third kappa shape index (κ3) is 3.81. The Hall–Kier alpha value is -2.54. The molecule has 1 heterocycles. The van der Waals surface area contributed by atoms with Crippen LogP contribution in [0, 0.1) is 0 Å². The molecular formula is C16H13BrN2O4. The van der Waals surface area contributed by atoms with Gasteiger partial charge in [-0.2, -0.15) is 0 Å². The fourth-order valence-corrected chi connectivity index (χ4v) is 2.55. The van der Waals surface area contributed by atoms with Crippen LogP contribution in [0.1, 0.15) is 5.56 Å². The summed E-state index contributed by atoms with van der Waals surface area (Å²) in [4.78, 5) is 23.4. The van der Waals surface area contributed by atoms with Crippen molar-refractivity contribution < 1.29 is 19.1 Å². The van der Waals surface area contributed by atoms with Gasteiger partial charge in [0.1, 0.15) is 18.0 Å². The molecule has 2 aromatic carbocycles. The van der Waals surface area contributed by atoms with E-state index in [9.17, 15) is 9.59 Å². The molecule has 0 saturated carbocycles. The molecule has 6 nitrogen and oxygen atoms in total. The number of nitrogens with one attached hydrogen (secondary N) is 2. The highest BCUT2D eigenvalue weighted by molar-refractivity contribution is 9.10. The molecule has 0 unspecified atom stereocenters. The normalized spacial score (nSPS) is 12.7. The van der Waals surface area contributed by atoms with Gasteiger partial charge in [0, 0.05) is 4.47 Å². The van der Waals surface area contributed by atoms with Crippen LogP contribution in [0.15, 0.2) is 46.9 Å². The second kappa shape index (κ2) is 6.70. The molecule has 0 atom stereocenters. The quantitative estimate of drug-likeness (QED) is 0.858. The van der Waals surface area contributed by atoms with Crippen molar-refractivity contribution in [1.29, 1.82) is 0 Å². The Bertz CT molecular complexity index is 749. The molecule has 2 amide bonds. The molecular weight excluding hydrogens is 364 g/mol. The van der Waals surface area contributed by atoms with E-state index in [0.29, 0.717) is 21.6 Å². The number of hydrogen-bond acceptors (Lipinski definition) is 4. The van der Waals surface area contributed by atoms with E-state index in [4.69, 9.17) is 9.47 Å². The molecule has 0 radical (unpaired) electrons. The third-order valence-corrected chi connectivity index (χ3v) is 3.60. The van der Waals surface area contributed by atoms with Crippen molar-refractivity contribution >= 4 is 39.3 Å². The van der Waals surface area contributed by atoms with E-state index in [0.717, 1.165) is 5.56 Å². The first-order chi connectivity index (χ1) is 11.1. The molecule has 23 heavy (non-hydrogen) atoms. The lowest BCUT2D eigenvalue weighted by Gasteiger charge is -2.21. The topological polar surface area (TPSA) is 76.7 Å². The Kier molecular flexibility index (Phi) is 4.47. The van der Waals surface area contributed by atoms with Gasteiger partial charge in [0.25, 0.3) is 5.91 Å². The predicted molar refractivity (Wildman–Crippen MR) is 88.5 cm³/mol. The third-order valence-electron chi connectivity index (χ3n) is 3.14. The SMILES string of the molecule is O=C1COc2cc(Br)cc(NC(=O)OCc3ccccc3)c2N1. The van der Waals surface area contributed by atoms with Gasteiger partial charge in [-0.15, -0.1) is 0 Å². The zero-order valence-corrected chi connectivity index (χ0v) is 13.6. The lowest BCUT2D eigenvalue weighted by Crippen LogP contribution is -2.27. The van der Waals surface area contributed by atoms with Crippen molar-refractivity contribution in [1.82, 2.24) is 0 Å². The molecule has 0 aliphatic carbocycles. The van der Waals surface area contributed by atoms with E-state index in [1.807, 2.05) is 30.3 Å². The van der Waals surface area contributed by atoms with Crippen LogP contribution >= 0.6 is 15.9 Å². The van der Waals surface area contributed by atoms with Crippen LogP contribution in [0.3, 0.4) is 0 Å². The molecule has 2 N–H and O–H groups in total. The summed E-state index contributed by atoms with van der Waals surface area (Å²) in [5, 5.41) is 5.30. The zero-order valence-electron chi connectivity index (χ0n) is 12.0. The van der Waals surface area contributed by atoms with Gasteiger partial charge >= 0.3 is 6.09 Å². The summed E-state index contributed by atoms with van der Waals surface area (Å²) in [6.45, 7) is 0.104. The Balaban J connectivity index is 1.71. The number of benzene rings is 2.